The molecule has 0 saturated carbocycles. The van der Waals surface area contributed by atoms with Gasteiger partial charge in [-0.25, -0.2) is 4.39 Å². The smallest absolute Gasteiger partial charge is 0.247 e. The fraction of sp³-hybridized carbons (Fsp3) is 0.0909. The zero-order valence-electron chi connectivity index (χ0n) is 14.8. The Morgan fingerprint density at radius 2 is 1.56 bits per heavy atom. The van der Waals surface area contributed by atoms with Crippen molar-refractivity contribution in [2.24, 2.45) is 0 Å². The van der Waals surface area contributed by atoms with Crippen LogP contribution in [-0.4, -0.2) is 10.2 Å². The van der Waals surface area contributed by atoms with E-state index in [2.05, 4.69) is 15.5 Å². The van der Waals surface area contributed by atoms with Crippen molar-refractivity contribution in [1.82, 2.24) is 10.2 Å². The molecule has 1 unspecified atom stereocenters. The Morgan fingerprint density at radius 3 is 2.30 bits per heavy atom. The van der Waals surface area contributed by atoms with E-state index in [4.69, 9.17) is 4.42 Å². The molecule has 4 aromatic rings. The number of halogens is 1. The minimum atomic E-state index is -0.598. The van der Waals surface area contributed by atoms with Crippen LogP contribution in [0.15, 0.2) is 83.3 Å². The first-order valence-corrected chi connectivity index (χ1v) is 8.67. The van der Waals surface area contributed by atoms with Gasteiger partial charge in [0.1, 0.15) is 11.9 Å². The van der Waals surface area contributed by atoms with Gasteiger partial charge in [-0.2, -0.15) is 0 Å². The molecule has 0 saturated heterocycles. The fourth-order valence-corrected chi connectivity index (χ4v) is 2.85. The van der Waals surface area contributed by atoms with Crippen LogP contribution in [-0.2, 0) is 0 Å². The molecule has 3 aromatic carbocycles. The molecule has 0 spiro atoms. The van der Waals surface area contributed by atoms with Gasteiger partial charge in [0.2, 0.25) is 11.8 Å². The van der Waals surface area contributed by atoms with Crippen LogP contribution in [0.25, 0.3) is 11.5 Å². The lowest BCUT2D eigenvalue weighted by molar-refractivity contribution is 0.485. The van der Waals surface area contributed by atoms with Crippen molar-refractivity contribution in [3.63, 3.8) is 0 Å². The molecular weight excluding hydrogens is 341 g/mol. The summed E-state index contributed by atoms with van der Waals surface area (Å²) in [5.41, 5.74) is 3.25. The van der Waals surface area contributed by atoms with Crippen LogP contribution >= 0.6 is 0 Å². The Morgan fingerprint density at radius 1 is 0.852 bits per heavy atom. The van der Waals surface area contributed by atoms with E-state index in [9.17, 15) is 4.39 Å². The molecule has 5 heteroatoms. The summed E-state index contributed by atoms with van der Waals surface area (Å²) in [4.78, 5) is 0. The first-order valence-electron chi connectivity index (χ1n) is 8.67. The lowest BCUT2D eigenvalue weighted by Gasteiger charge is -2.17. The van der Waals surface area contributed by atoms with Crippen molar-refractivity contribution in [2.45, 2.75) is 13.0 Å². The number of nitrogens with one attached hydrogen (secondary N) is 1. The first kappa shape index (κ1) is 17.0. The number of anilines is 1. The second kappa shape index (κ2) is 7.41. The summed E-state index contributed by atoms with van der Waals surface area (Å²) in [7, 11) is 0. The van der Waals surface area contributed by atoms with Crippen molar-refractivity contribution in [3.8, 4) is 11.5 Å². The maximum Gasteiger partial charge on any atom is 0.247 e. The van der Waals surface area contributed by atoms with E-state index < -0.39 is 6.04 Å². The highest BCUT2D eigenvalue weighted by molar-refractivity contribution is 5.53. The minimum absolute atomic E-state index is 0.305. The molecular formula is C22H18FN3O. The number of hydrogen-bond donors (Lipinski definition) is 1. The average Bonchev–Trinajstić information content (AvgIpc) is 3.19. The Labute approximate surface area is 156 Å². The summed E-state index contributed by atoms with van der Waals surface area (Å²) in [6, 6.07) is 23.4. The molecule has 27 heavy (non-hydrogen) atoms. The third-order valence-corrected chi connectivity index (χ3v) is 4.29. The fourth-order valence-electron chi connectivity index (χ4n) is 2.85. The Kier molecular flexibility index (Phi) is 4.66. The Bertz CT molecular complexity index is 1030. The van der Waals surface area contributed by atoms with Gasteiger partial charge in [0, 0.05) is 16.8 Å². The number of benzene rings is 3. The molecule has 0 radical (unpaired) electrons. The summed E-state index contributed by atoms with van der Waals surface area (Å²) in [5, 5.41) is 11.6. The third-order valence-electron chi connectivity index (χ3n) is 4.29. The van der Waals surface area contributed by atoms with E-state index in [-0.39, 0.29) is 5.82 Å². The van der Waals surface area contributed by atoms with Crippen LogP contribution in [0.1, 0.15) is 23.1 Å². The molecule has 1 atom stereocenters. The predicted molar refractivity (Wildman–Crippen MR) is 103 cm³/mol. The topological polar surface area (TPSA) is 51.0 Å². The zero-order chi connectivity index (χ0) is 18.6. The van der Waals surface area contributed by atoms with Gasteiger partial charge >= 0.3 is 0 Å². The third kappa shape index (κ3) is 3.72. The van der Waals surface area contributed by atoms with E-state index in [1.165, 1.54) is 6.07 Å². The number of hydrogen-bond acceptors (Lipinski definition) is 4. The molecule has 0 aliphatic carbocycles. The van der Waals surface area contributed by atoms with Gasteiger partial charge in [0.05, 0.1) is 0 Å². The van der Waals surface area contributed by atoms with E-state index in [0.29, 0.717) is 17.3 Å². The highest BCUT2D eigenvalue weighted by Crippen LogP contribution is 2.29. The highest BCUT2D eigenvalue weighted by atomic mass is 19.1. The second-order valence-corrected chi connectivity index (χ2v) is 6.28. The molecule has 0 amide bonds. The van der Waals surface area contributed by atoms with Crippen molar-refractivity contribution in [2.75, 3.05) is 5.32 Å². The number of aromatic nitrogens is 2. The molecule has 134 valence electrons. The van der Waals surface area contributed by atoms with Crippen molar-refractivity contribution < 1.29 is 8.81 Å². The van der Waals surface area contributed by atoms with Gasteiger partial charge in [-0.1, -0.05) is 54.1 Å². The van der Waals surface area contributed by atoms with Crippen LogP contribution in [0.3, 0.4) is 0 Å². The molecule has 0 aliphatic heterocycles. The molecule has 1 aromatic heterocycles. The average molecular weight is 359 g/mol. The van der Waals surface area contributed by atoms with Crippen LogP contribution in [0, 0.1) is 12.7 Å². The Hall–Kier alpha value is -3.47. The largest absolute Gasteiger partial charge is 0.418 e. The van der Waals surface area contributed by atoms with E-state index in [1.807, 2.05) is 61.5 Å². The van der Waals surface area contributed by atoms with Crippen LogP contribution in [0.2, 0.25) is 0 Å². The van der Waals surface area contributed by atoms with Crippen LogP contribution in [0.5, 0.6) is 0 Å². The van der Waals surface area contributed by atoms with Crippen molar-refractivity contribution in [1.29, 1.82) is 0 Å². The van der Waals surface area contributed by atoms with Crippen LogP contribution < -0.4 is 5.32 Å². The van der Waals surface area contributed by atoms with Crippen molar-refractivity contribution >= 4 is 5.69 Å². The quantitative estimate of drug-likeness (QED) is 0.519. The first-order chi connectivity index (χ1) is 13.2. The van der Waals surface area contributed by atoms with E-state index in [0.717, 1.165) is 16.8 Å². The SMILES string of the molecule is Cc1ccc(NC(c2nnc(-c3ccccc3)o2)c2ccccc2F)cc1. The molecule has 4 rings (SSSR count). The molecule has 0 aliphatic rings. The number of rotatable bonds is 5. The standard InChI is InChI=1S/C22H18FN3O/c1-15-11-13-17(14-12-15)24-20(18-9-5-6-10-19(18)23)22-26-25-21(27-22)16-7-3-2-4-8-16/h2-14,20,24H,1H3. The lowest BCUT2D eigenvalue weighted by Crippen LogP contribution is -2.14. The summed E-state index contributed by atoms with van der Waals surface area (Å²) >= 11 is 0. The van der Waals surface area contributed by atoms with Crippen LogP contribution in [0.4, 0.5) is 10.1 Å². The predicted octanol–water partition coefficient (Wildman–Crippen LogP) is 5.39. The molecule has 0 fully saturated rings. The zero-order valence-corrected chi connectivity index (χ0v) is 14.8. The highest BCUT2D eigenvalue weighted by Gasteiger charge is 2.24. The summed E-state index contributed by atoms with van der Waals surface area (Å²) < 4.78 is 20.4. The summed E-state index contributed by atoms with van der Waals surface area (Å²) in [6.45, 7) is 2.02. The Balaban J connectivity index is 1.73. The maximum atomic E-state index is 14.5. The van der Waals surface area contributed by atoms with Gasteiger partial charge in [-0.05, 0) is 37.3 Å². The van der Waals surface area contributed by atoms with Gasteiger partial charge in [0.25, 0.3) is 0 Å². The number of nitrogens with zero attached hydrogens (tertiary/aromatic N) is 2. The van der Waals surface area contributed by atoms with Gasteiger partial charge < -0.3 is 9.73 Å². The lowest BCUT2D eigenvalue weighted by atomic mass is 10.1. The molecule has 1 heterocycles. The van der Waals surface area contributed by atoms with Gasteiger partial charge in [0.15, 0.2) is 0 Å². The van der Waals surface area contributed by atoms with E-state index >= 15 is 0 Å². The maximum absolute atomic E-state index is 14.5. The summed E-state index contributed by atoms with van der Waals surface area (Å²) in [6.07, 6.45) is 0. The monoisotopic (exact) mass is 359 g/mol. The van der Waals surface area contributed by atoms with Gasteiger partial charge in [-0.3, -0.25) is 0 Å². The van der Waals surface area contributed by atoms with Gasteiger partial charge in [-0.15, -0.1) is 10.2 Å². The molecule has 1 N–H and O–H groups in total. The number of aryl methyl sites for hydroxylation is 1. The van der Waals surface area contributed by atoms with E-state index in [1.54, 1.807) is 18.2 Å². The van der Waals surface area contributed by atoms with Crippen molar-refractivity contribution in [3.05, 3.63) is 102 Å². The minimum Gasteiger partial charge on any atom is -0.418 e. The second-order valence-electron chi connectivity index (χ2n) is 6.28. The molecule has 0 bridgehead atoms. The normalized spacial score (nSPS) is 11.9. The summed E-state index contributed by atoms with van der Waals surface area (Å²) in [5.74, 6) is 0.374. The molecule has 4 nitrogen and oxygen atoms in total.